The normalized spacial score (nSPS) is 11.4. The maximum atomic E-state index is 12.0. The molecule has 2 aromatic rings. The van der Waals surface area contributed by atoms with E-state index in [1.165, 1.54) is 12.5 Å². The molecule has 0 bridgehead atoms. The van der Waals surface area contributed by atoms with Gasteiger partial charge in [-0.1, -0.05) is 42.5 Å². The third kappa shape index (κ3) is 6.67. The molecule has 0 fully saturated rings. The molecule has 2 aromatic carbocycles. The van der Waals surface area contributed by atoms with Crippen LogP contribution >= 0.6 is 0 Å². The summed E-state index contributed by atoms with van der Waals surface area (Å²) in [5.41, 5.74) is 1.81. The van der Waals surface area contributed by atoms with Crippen molar-refractivity contribution in [2.75, 3.05) is 11.9 Å². The number of ether oxygens (including phenoxy) is 1. The number of carbonyl (C=O) groups excluding carboxylic acids is 2. The SMILES string of the molecule is CC(=O)Nc1ccccc1OCC(=O)N[C@H](C)CCc1ccccc1. The molecule has 0 radical (unpaired) electrons. The van der Waals surface area contributed by atoms with Crippen LogP contribution in [0.5, 0.6) is 5.75 Å². The van der Waals surface area contributed by atoms with Gasteiger partial charge in [-0.2, -0.15) is 0 Å². The van der Waals surface area contributed by atoms with Gasteiger partial charge in [-0.25, -0.2) is 0 Å². The van der Waals surface area contributed by atoms with Crippen LogP contribution < -0.4 is 15.4 Å². The van der Waals surface area contributed by atoms with Crippen LogP contribution in [0.1, 0.15) is 25.8 Å². The second kappa shape index (κ2) is 9.47. The molecule has 2 N–H and O–H groups in total. The average Bonchev–Trinajstić information content (AvgIpc) is 2.59. The first kappa shape index (κ1) is 18.5. The van der Waals surface area contributed by atoms with Gasteiger partial charge in [0.05, 0.1) is 5.69 Å². The second-order valence-corrected chi connectivity index (χ2v) is 5.96. The maximum absolute atomic E-state index is 12.0. The minimum Gasteiger partial charge on any atom is -0.482 e. The molecule has 0 aromatic heterocycles. The largest absolute Gasteiger partial charge is 0.482 e. The van der Waals surface area contributed by atoms with E-state index in [1.54, 1.807) is 24.3 Å². The molecule has 5 heteroatoms. The standard InChI is InChI=1S/C20H24N2O3/c1-15(12-13-17-8-4-3-5-9-17)21-20(24)14-25-19-11-7-6-10-18(19)22-16(2)23/h3-11,15H,12-14H2,1-2H3,(H,21,24)(H,22,23)/t15-/m1/s1. The van der Waals surface area contributed by atoms with Crippen molar-refractivity contribution in [3.8, 4) is 5.75 Å². The van der Waals surface area contributed by atoms with Gasteiger partial charge in [-0.3, -0.25) is 9.59 Å². The van der Waals surface area contributed by atoms with Gasteiger partial charge in [0, 0.05) is 13.0 Å². The Morgan fingerprint density at radius 3 is 2.44 bits per heavy atom. The van der Waals surface area contributed by atoms with Crippen LogP contribution in [0, 0.1) is 0 Å². The van der Waals surface area contributed by atoms with Gasteiger partial charge in [0.25, 0.3) is 5.91 Å². The van der Waals surface area contributed by atoms with Gasteiger partial charge >= 0.3 is 0 Å². The summed E-state index contributed by atoms with van der Waals surface area (Å²) >= 11 is 0. The van der Waals surface area contributed by atoms with Crippen molar-refractivity contribution in [2.45, 2.75) is 32.7 Å². The smallest absolute Gasteiger partial charge is 0.258 e. The maximum Gasteiger partial charge on any atom is 0.258 e. The Labute approximate surface area is 148 Å². The van der Waals surface area contributed by atoms with E-state index in [2.05, 4.69) is 22.8 Å². The quantitative estimate of drug-likeness (QED) is 0.776. The van der Waals surface area contributed by atoms with Gasteiger partial charge in [0.2, 0.25) is 5.91 Å². The minimum atomic E-state index is -0.185. The molecule has 1 atom stereocenters. The van der Waals surface area contributed by atoms with Crippen molar-refractivity contribution in [1.82, 2.24) is 5.32 Å². The van der Waals surface area contributed by atoms with Crippen molar-refractivity contribution < 1.29 is 14.3 Å². The highest BCUT2D eigenvalue weighted by molar-refractivity contribution is 5.90. The lowest BCUT2D eigenvalue weighted by Crippen LogP contribution is -2.36. The first-order valence-electron chi connectivity index (χ1n) is 8.37. The first-order chi connectivity index (χ1) is 12.0. The van der Waals surface area contributed by atoms with Crippen LogP contribution in [0.3, 0.4) is 0 Å². The summed E-state index contributed by atoms with van der Waals surface area (Å²) in [6.45, 7) is 3.32. The third-order valence-corrected chi connectivity index (χ3v) is 3.67. The molecule has 0 aliphatic carbocycles. The van der Waals surface area contributed by atoms with Gasteiger partial charge in [0.15, 0.2) is 6.61 Å². The van der Waals surface area contributed by atoms with Crippen molar-refractivity contribution in [3.63, 3.8) is 0 Å². The molecule has 5 nitrogen and oxygen atoms in total. The van der Waals surface area contributed by atoms with Crippen LogP contribution in [0.2, 0.25) is 0 Å². The van der Waals surface area contributed by atoms with Crippen LogP contribution in [-0.4, -0.2) is 24.5 Å². The van der Waals surface area contributed by atoms with E-state index >= 15 is 0 Å². The average molecular weight is 340 g/mol. The molecule has 132 valence electrons. The zero-order valence-corrected chi connectivity index (χ0v) is 14.6. The molecule has 0 aliphatic rings. The number of aryl methyl sites for hydroxylation is 1. The lowest BCUT2D eigenvalue weighted by atomic mass is 10.1. The highest BCUT2D eigenvalue weighted by atomic mass is 16.5. The molecule has 0 saturated heterocycles. The Kier molecular flexibility index (Phi) is 7.01. The van der Waals surface area contributed by atoms with Crippen LogP contribution in [-0.2, 0) is 16.0 Å². The van der Waals surface area contributed by atoms with E-state index in [9.17, 15) is 9.59 Å². The molecule has 0 spiro atoms. The first-order valence-corrected chi connectivity index (χ1v) is 8.37. The third-order valence-electron chi connectivity index (χ3n) is 3.67. The number of nitrogens with one attached hydrogen (secondary N) is 2. The number of para-hydroxylation sites is 2. The van der Waals surface area contributed by atoms with Crippen LogP contribution in [0.25, 0.3) is 0 Å². The predicted octanol–water partition coefficient (Wildman–Crippen LogP) is 3.16. The Morgan fingerprint density at radius 2 is 1.72 bits per heavy atom. The fourth-order valence-electron chi connectivity index (χ4n) is 2.45. The lowest BCUT2D eigenvalue weighted by Gasteiger charge is -2.15. The topological polar surface area (TPSA) is 67.4 Å². The number of hydrogen-bond donors (Lipinski definition) is 2. The highest BCUT2D eigenvalue weighted by Gasteiger charge is 2.10. The van der Waals surface area contributed by atoms with Crippen LogP contribution in [0.4, 0.5) is 5.69 Å². The van der Waals surface area contributed by atoms with E-state index < -0.39 is 0 Å². The van der Waals surface area contributed by atoms with Crippen LogP contribution in [0.15, 0.2) is 54.6 Å². The van der Waals surface area contributed by atoms with Gasteiger partial charge in [-0.15, -0.1) is 0 Å². The van der Waals surface area contributed by atoms with E-state index in [1.807, 2.05) is 25.1 Å². The molecule has 2 rings (SSSR count). The number of rotatable bonds is 8. The number of anilines is 1. The molecule has 0 aliphatic heterocycles. The zero-order valence-electron chi connectivity index (χ0n) is 14.6. The highest BCUT2D eigenvalue weighted by Crippen LogP contribution is 2.23. The van der Waals surface area contributed by atoms with E-state index in [4.69, 9.17) is 4.74 Å². The predicted molar refractivity (Wildman–Crippen MR) is 98.6 cm³/mol. The second-order valence-electron chi connectivity index (χ2n) is 5.96. The number of amides is 2. The van der Waals surface area contributed by atoms with Crippen molar-refractivity contribution >= 4 is 17.5 Å². The van der Waals surface area contributed by atoms with Crippen molar-refractivity contribution in [2.24, 2.45) is 0 Å². The fourth-order valence-corrected chi connectivity index (χ4v) is 2.45. The number of benzene rings is 2. The fraction of sp³-hybridized carbons (Fsp3) is 0.300. The van der Waals surface area contributed by atoms with E-state index in [-0.39, 0.29) is 24.5 Å². The van der Waals surface area contributed by atoms with E-state index in [0.717, 1.165) is 12.8 Å². The Balaban J connectivity index is 1.77. The molecule has 2 amide bonds. The molecular weight excluding hydrogens is 316 g/mol. The van der Waals surface area contributed by atoms with Crippen molar-refractivity contribution in [3.05, 3.63) is 60.2 Å². The molecular formula is C20H24N2O3. The lowest BCUT2D eigenvalue weighted by molar-refractivity contribution is -0.123. The Morgan fingerprint density at radius 1 is 1.04 bits per heavy atom. The molecule has 0 saturated carbocycles. The Bertz CT molecular complexity index is 701. The zero-order chi connectivity index (χ0) is 18.1. The summed E-state index contributed by atoms with van der Waals surface area (Å²) in [6.07, 6.45) is 1.77. The van der Waals surface area contributed by atoms with Gasteiger partial charge in [0.1, 0.15) is 5.75 Å². The molecule has 0 heterocycles. The molecule has 25 heavy (non-hydrogen) atoms. The number of carbonyl (C=O) groups is 2. The summed E-state index contributed by atoms with van der Waals surface area (Å²) in [4.78, 5) is 23.2. The summed E-state index contributed by atoms with van der Waals surface area (Å²) in [7, 11) is 0. The summed E-state index contributed by atoms with van der Waals surface area (Å²) in [6, 6.07) is 17.3. The van der Waals surface area contributed by atoms with Gasteiger partial charge < -0.3 is 15.4 Å². The summed E-state index contributed by atoms with van der Waals surface area (Å²) < 4.78 is 5.54. The summed E-state index contributed by atoms with van der Waals surface area (Å²) in [5, 5.41) is 5.61. The number of hydrogen-bond acceptors (Lipinski definition) is 3. The minimum absolute atomic E-state index is 0.0573. The monoisotopic (exact) mass is 340 g/mol. The van der Waals surface area contributed by atoms with E-state index in [0.29, 0.717) is 11.4 Å². The van der Waals surface area contributed by atoms with Gasteiger partial charge in [-0.05, 0) is 37.5 Å². The molecule has 0 unspecified atom stereocenters. The van der Waals surface area contributed by atoms with Crippen molar-refractivity contribution in [1.29, 1.82) is 0 Å². The summed E-state index contributed by atoms with van der Waals surface area (Å²) in [5.74, 6) is 0.109. The Hall–Kier alpha value is -2.82.